The molecule has 0 bridgehead atoms. The fourth-order valence-corrected chi connectivity index (χ4v) is 2.82. The number of methoxy groups -OCH3 is 1. The number of carbonyl (C=O) groups excluding carboxylic acids is 3. The van der Waals surface area contributed by atoms with Crippen LogP contribution in [0.4, 0.5) is 5.69 Å². The third kappa shape index (κ3) is 5.48. The Morgan fingerprint density at radius 1 is 1.11 bits per heavy atom. The summed E-state index contributed by atoms with van der Waals surface area (Å²) in [5, 5.41) is 2.86. The predicted molar refractivity (Wildman–Crippen MR) is 105 cm³/mol. The highest BCUT2D eigenvalue weighted by molar-refractivity contribution is 7.98. The van der Waals surface area contributed by atoms with Gasteiger partial charge in [0.15, 0.2) is 6.61 Å². The highest BCUT2D eigenvalue weighted by atomic mass is 35.5. The van der Waals surface area contributed by atoms with E-state index in [0.717, 1.165) is 10.5 Å². The van der Waals surface area contributed by atoms with Crippen molar-refractivity contribution in [3.8, 4) is 0 Å². The number of ether oxygens (including phenoxy) is 2. The van der Waals surface area contributed by atoms with Crippen molar-refractivity contribution in [1.29, 1.82) is 0 Å². The molecule has 0 radical (unpaired) electrons. The van der Waals surface area contributed by atoms with E-state index >= 15 is 0 Å². The van der Waals surface area contributed by atoms with Crippen LogP contribution >= 0.6 is 23.4 Å². The quantitative estimate of drug-likeness (QED) is 0.576. The zero-order valence-electron chi connectivity index (χ0n) is 15.0. The third-order valence-electron chi connectivity index (χ3n) is 3.66. The fourth-order valence-electron chi connectivity index (χ4n) is 2.18. The normalized spacial score (nSPS) is 10.2. The minimum absolute atomic E-state index is 0.195. The van der Waals surface area contributed by atoms with Gasteiger partial charge in [-0.05, 0) is 49.1 Å². The van der Waals surface area contributed by atoms with Gasteiger partial charge in [0.05, 0.1) is 23.3 Å². The highest BCUT2D eigenvalue weighted by Crippen LogP contribution is 2.24. The van der Waals surface area contributed by atoms with Crippen LogP contribution in [0.3, 0.4) is 0 Å². The molecule has 8 heteroatoms. The van der Waals surface area contributed by atoms with E-state index < -0.39 is 24.5 Å². The van der Waals surface area contributed by atoms with Crippen LogP contribution in [-0.4, -0.2) is 37.8 Å². The topological polar surface area (TPSA) is 81.7 Å². The first kappa shape index (κ1) is 20.8. The summed E-state index contributed by atoms with van der Waals surface area (Å²) in [4.78, 5) is 36.8. The van der Waals surface area contributed by atoms with E-state index in [9.17, 15) is 14.4 Å². The molecule has 2 aromatic carbocycles. The lowest BCUT2D eigenvalue weighted by molar-refractivity contribution is -0.119. The molecular weight excluding hydrogens is 390 g/mol. The number of aryl methyl sites for hydroxylation is 1. The van der Waals surface area contributed by atoms with Gasteiger partial charge in [0, 0.05) is 10.6 Å². The molecule has 0 heterocycles. The van der Waals surface area contributed by atoms with Crippen LogP contribution in [0.5, 0.6) is 0 Å². The number of hydrogen-bond donors (Lipinski definition) is 1. The number of carbonyl (C=O) groups is 3. The number of amides is 1. The van der Waals surface area contributed by atoms with Gasteiger partial charge in [-0.15, -0.1) is 11.8 Å². The number of hydrogen-bond acceptors (Lipinski definition) is 6. The molecule has 6 nitrogen and oxygen atoms in total. The molecule has 1 N–H and O–H groups in total. The maximum Gasteiger partial charge on any atom is 0.340 e. The van der Waals surface area contributed by atoms with Crippen molar-refractivity contribution < 1.29 is 23.9 Å². The number of halogens is 1. The third-order valence-corrected chi connectivity index (χ3v) is 4.72. The van der Waals surface area contributed by atoms with E-state index in [0.29, 0.717) is 11.3 Å². The smallest absolute Gasteiger partial charge is 0.340 e. The minimum Gasteiger partial charge on any atom is -0.465 e. The fraction of sp³-hybridized carbons (Fsp3) is 0.211. The van der Waals surface area contributed by atoms with Crippen molar-refractivity contribution >= 4 is 46.9 Å². The Hall–Kier alpha value is -2.51. The number of anilines is 1. The van der Waals surface area contributed by atoms with Crippen molar-refractivity contribution in [1.82, 2.24) is 0 Å². The molecule has 0 saturated carbocycles. The first-order chi connectivity index (χ1) is 12.8. The summed E-state index contributed by atoms with van der Waals surface area (Å²) in [5.74, 6) is -1.74. The van der Waals surface area contributed by atoms with Crippen molar-refractivity contribution in [2.75, 3.05) is 25.3 Å². The van der Waals surface area contributed by atoms with Gasteiger partial charge in [-0.2, -0.15) is 0 Å². The Balaban J connectivity index is 2.02. The van der Waals surface area contributed by atoms with Gasteiger partial charge in [-0.1, -0.05) is 17.7 Å². The van der Waals surface area contributed by atoms with Crippen LogP contribution < -0.4 is 5.32 Å². The van der Waals surface area contributed by atoms with Gasteiger partial charge in [0.1, 0.15) is 0 Å². The first-order valence-electron chi connectivity index (χ1n) is 7.85. The number of rotatable bonds is 6. The van der Waals surface area contributed by atoms with Gasteiger partial charge in [-0.25, -0.2) is 9.59 Å². The highest BCUT2D eigenvalue weighted by Gasteiger charge is 2.16. The van der Waals surface area contributed by atoms with Crippen LogP contribution in [0.1, 0.15) is 26.3 Å². The standard InChI is InChI=1S/C19H18ClNO5S/c1-11-4-5-12(18(23)25-2)8-16(11)21-17(22)10-26-19(24)14-9-13(27-3)6-7-15(14)20/h4-9H,10H2,1-3H3,(H,21,22). The molecule has 27 heavy (non-hydrogen) atoms. The maximum absolute atomic E-state index is 12.2. The van der Waals surface area contributed by atoms with Gasteiger partial charge in [-0.3, -0.25) is 4.79 Å². The lowest BCUT2D eigenvalue weighted by Gasteiger charge is -2.11. The molecule has 0 spiro atoms. The van der Waals surface area contributed by atoms with Gasteiger partial charge < -0.3 is 14.8 Å². The Morgan fingerprint density at radius 3 is 2.52 bits per heavy atom. The molecule has 1 amide bonds. The van der Waals surface area contributed by atoms with E-state index in [4.69, 9.17) is 16.3 Å². The summed E-state index contributed by atoms with van der Waals surface area (Å²) in [7, 11) is 1.27. The SMILES string of the molecule is COC(=O)c1ccc(C)c(NC(=O)COC(=O)c2cc(SC)ccc2Cl)c1. The minimum atomic E-state index is -0.689. The summed E-state index contributed by atoms with van der Waals surface area (Å²) >= 11 is 7.48. The van der Waals surface area contributed by atoms with Gasteiger partial charge >= 0.3 is 11.9 Å². The van der Waals surface area contributed by atoms with E-state index in [-0.39, 0.29) is 10.6 Å². The second kappa shape index (κ2) is 9.43. The number of esters is 2. The molecule has 0 aliphatic carbocycles. The number of nitrogens with one attached hydrogen (secondary N) is 1. The van der Waals surface area contributed by atoms with Gasteiger partial charge in [0.25, 0.3) is 5.91 Å². The van der Waals surface area contributed by atoms with E-state index in [1.165, 1.54) is 24.9 Å². The zero-order chi connectivity index (χ0) is 20.0. The van der Waals surface area contributed by atoms with Crippen LogP contribution in [-0.2, 0) is 14.3 Å². The molecule has 0 atom stereocenters. The molecule has 142 valence electrons. The first-order valence-corrected chi connectivity index (χ1v) is 9.45. The lowest BCUT2D eigenvalue weighted by Crippen LogP contribution is -2.21. The summed E-state index contributed by atoms with van der Waals surface area (Å²) < 4.78 is 9.70. The summed E-state index contributed by atoms with van der Waals surface area (Å²) in [6, 6.07) is 9.77. The second-order valence-electron chi connectivity index (χ2n) is 5.49. The van der Waals surface area contributed by atoms with Crippen LogP contribution in [0, 0.1) is 6.92 Å². The summed E-state index contributed by atoms with van der Waals surface area (Å²) in [6.07, 6.45) is 1.87. The molecule has 0 aliphatic rings. The van der Waals surface area contributed by atoms with Crippen LogP contribution in [0.15, 0.2) is 41.3 Å². The average molecular weight is 408 g/mol. The monoisotopic (exact) mass is 407 g/mol. The molecule has 0 aliphatic heterocycles. The molecule has 0 unspecified atom stereocenters. The maximum atomic E-state index is 12.2. The molecule has 0 saturated heterocycles. The Labute approximate surface area is 166 Å². The average Bonchev–Trinajstić information content (AvgIpc) is 2.67. The van der Waals surface area contributed by atoms with Crippen LogP contribution in [0.2, 0.25) is 5.02 Å². The van der Waals surface area contributed by atoms with Crippen LogP contribution in [0.25, 0.3) is 0 Å². The molecule has 0 fully saturated rings. The molecule has 2 aromatic rings. The zero-order valence-corrected chi connectivity index (χ0v) is 16.6. The van der Waals surface area contributed by atoms with Gasteiger partial charge in [0.2, 0.25) is 0 Å². The molecule has 2 rings (SSSR count). The summed E-state index contributed by atoms with van der Waals surface area (Å²) in [6.45, 7) is 1.29. The van der Waals surface area contributed by atoms with E-state index in [1.807, 2.05) is 6.26 Å². The number of benzene rings is 2. The van der Waals surface area contributed by atoms with E-state index in [1.54, 1.807) is 37.3 Å². The second-order valence-corrected chi connectivity index (χ2v) is 6.78. The Bertz CT molecular complexity index is 884. The summed E-state index contributed by atoms with van der Waals surface area (Å²) in [5.41, 5.74) is 1.68. The number of thioether (sulfide) groups is 1. The van der Waals surface area contributed by atoms with E-state index in [2.05, 4.69) is 10.1 Å². The Morgan fingerprint density at radius 2 is 1.85 bits per heavy atom. The van der Waals surface area contributed by atoms with Crippen molar-refractivity contribution in [2.45, 2.75) is 11.8 Å². The molecule has 0 aromatic heterocycles. The lowest BCUT2D eigenvalue weighted by atomic mass is 10.1. The Kier molecular flexibility index (Phi) is 7.27. The predicted octanol–water partition coefficient (Wildman–Crippen LogP) is 3.95. The molecular formula is C19H18ClNO5S. The van der Waals surface area contributed by atoms with Crippen molar-refractivity contribution in [3.63, 3.8) is 0 Å². The largest absolute Gasteiger partial charge is 0.465 e. The van der Waals surface area contributed by atoms with Crippen molar-refractivity contribution in [2.24, 2.45) is 0 Å². The van der Waals surface area contributed by atoms with Crippen molar-refractivity contribution in [3.05, 3.63) is 58.1 Å².